The minimum Gasteiger partial charge on any atom is -0.569 e. The van der Waals surface area contributed by atoms with Crippen LogP contribution < -0.4 is 4.74 Å². The molecule has 0 saturated heterocycles. The lowest BCUT2D eigenvalue weighted by Gasteiger charge is -2.20. The molecule has 0 spiro atoms. The van der Waals surface area contributed by atoms with E-state index in [9.17, 15) is 8.63 Å². The van der Waals surface area contributed by atoms with Crippen molar-refractivity contribution in [3.05, 3.63) is 71.8 Å². The Morgan fingerprint density at radius 3 is 2.38 bits per heavy atom. The topological polar surface area (TPSA) is 29.8 Å². The molecule has 0 atom stereocenters. The van der Waals surface area contributed by atoms with Crippen molar-refractivity contribution < 1.29 is 22.4 Å². The maximum absolute atomic E-state index is 13.9. The van der Waals surface area contributed by atoms with E-state index in [1.165, 1.54) is 6.08 Å². The van der Waals surface area contributed by atoms with Crippen LogP contribution in [0, 0.1) is 0 Å². The molecule has 124 valence electrons. The summed E-state index contributed by atoms with van der Waals surface area (Å²) in [6.07, 6.45) is 2.38. The average Bonchev–Trinajstić information content (AvgIpc) is 2.60. The van der Waals surface area contributed by atoms with Crippen LogP contribution in [-0.2, 0) is 4.65 Å². The first-order chi connectivity index (χ1) is 11.6. The second kappa shape index (κ2) is 6.87. The first kappa shape index (κ1) is 16.2. The number of hydrogen-bond donors (Lipinski definition) is 0. The van der Waals surface area contributed by atoms with Gasteiger partial charge in [0.25, 0.3) is 5.78 Å². The van der Waals surface area contributed by atoms with Crippen LogP contribution >= 0.6 is 0 Å². The van der Waals surface area contributed by atoms with Gasteiger partial charge >= 0.3 is 7.11 Å². The third-order valence-corrected chi connectivity index (χ3v) is 3.46. The summed E-state index contributed by atoms with van der Waals surface area (Å²) in [5, 5.41) is 0. The quantitative estimate of drug-likeness (QED) is 0.590. The zero-order valence-electron chi connectivity index (χ0n) is 13.2. The highest BCUT2D eigenvalue weighted by atomic mass is 19.3. The molecule has 2 aromatic rings. The van der Waals surface area contributed by atoms with Crippen LogP contribution in [0.5, 0.6) is 5.75 Å². The Morgan fingerprint density at radius 1 is 1.00 bits per heavy atom. The Labute approximate surface area is 139 Å². The lowest BCUT2D eigenvalue weighted by Crippen LogP contribution is -2.30. The molecule has 0 amide bonds. The van der Waals surface area contributed by atoms with E-state index in [0.29, 0.717) is 23.5 Å². The molecular weight excluding hydrogens is 313 g/mol. The number of ketones is 1. The summed E-state index contributed by atoms with van der Waals surface area (Å²) in [4.78, 5) is 0. The number of rotatable bonds is 5. The fraction of sp³-hybridized carbons (Fsp3) is 0.167. The van der Waals surface area contributed by atoms with Gasteiger partial charge in [-0.3, -0.25) is 0 Å². The van der Waals surface area contributed by atoms with Gasteiger partial charge in [-0.1, -0.05) is 25.1 Å². The maximum Gasteiger partial charge on any atom is 0.995 e. The number of halogens is 2. The van der Waals surface area contributed by atoms with Crippen LogP contribution in [0.25, 0.3) is 5.76 Å². The summed E-state index contributed by atoms with van der Waals surface area (Å²) in [6.45, 7) is 2.62. The predicted octanol–water partition coefficient (Wildman–Crippen LogP) is 4.64. The number of benzene rings is 2. The fourth-order valence-electron chi connectivity index (χ4n) is 2.35. The molecule has 0 saturated carbocycles. The zero-order valence-corrected chi connectivity index (χ0v) is 13.2. The SMILES string of the molecule is CCCOc1ccc(C2=CC(c3ccccc3)=[O+][B-](F)(F)O2)cc1. The van der Waals surface area contributed by atoms with Gasteiger partial charge in [0.15, 0.2) is 0 Å². The van der Waals surface area contributed by atoms with E-state index in [1.807, 2.05) is 13.0 Å². The highest BCUT2D eigenvalue weighted by Gasteiger charge is 2.53. The summed E-state index contributed by atoms with van der Waals surface area (Å²) in [5.41, 5.74) is 1.11. The molecule has 0 fully saturated rings. The Morgan fingerprint density at radius 2 is 1.71 bits per heavy atom. The highest BCUT2D eigenvalue weighted by molar-refractivity contribution is 6.52. The number of carbonyl (C=O) groups excluding carboxylic acids is 1. The van der Waals surface area contributed by atoms with Gasteiger partial charge in [0.05, 0.1) is 24.0 Å². The van der Waals surface area contributed by atoms with E-state index in [4.69, 9.17) is 13.7 Å². The standard InChI is InChI=1S/C18H17BF2O3/c1-2-12-22-16-10-8-15(9-11-16)18-13-17(23-19(20,21)24-18)14-6-4-3-5-7-14/h3-11,13H,2,12H2,1H3. The predicted molar refractivity (Wildman–Crippen MR) is 90.0 cm³/mol. The van der Waals surface area contributed by atoms with Crippen LogP contribution in [-0.4, -0.2) is 19.5 Å². The third-order valence-electron chi connectivity index (χ3n) is 3.46. The molecule has 3 rings (SSSR count). The molecule has 3 nitrogen and oxygen atoms in total. The van der Waals surface area contributed by atoms with Crippen molar-refractivity contribution in [2.45, 2.75) is 13.3 Å². The van der Waals surface area contributed by atoms with Gasteiger partial charge in [-0.15, -0.1) is 0 Å². The van der Waals surface area contributed by atoms with Gasteiger partial charge in [0, 0.05) is 5.56 Å². The third kappa shape index (κ3) is 3.82. The lowest BCUT2D eigenvalue weighted by molar-refractivity contribution is -0.183. The molecule has 0 unspecified atom stereocenters. The molecule has 0 N–H and O–H groups in total. The Bertz CT molecular complexity index is 756. The normalized spacial score (nSPS) is 16.0. The van der Waals surface area contributed by atoms with Gasteiger partial charge < -0.3 is 22.4 Å². The maximum atomic E-state index is 13.9. The van der Waals surface area contributed by atoms with Crippen LogP contribution in [0.4, 0.5) is 8.63 Å². The second-order valence-corrected chi connectivity index (χ2v) is 5.38. The van der Waals surface area contributed by atoms with E-state index in [0.717, 1.165) is 6.42 Å². The van der Waals surface area contributed by atoms with Gasteiger partial charge in [0.2, 0.25) is 0 Å². The van der Waals surface area contributed by atoms with Crippen molar-refractivity contribution in [3.8, 4) is 5.75 Å². The molecule has 1 aliphatic heterocycles. The van der Waals surface area contributed by atoms with Gasteiger partial charge in [0.1, 0.15) is 5.75 Å². The second-order valence-electron chi connectivity index (χ2n) is 5.38. The van der Waals surface area contributed by atoms with Crippen molar-refractivity contribution >= 4 is 18.6 Å². The van der Waals surface area contributed by atoms with Crippen LogP contribution in [0.1, 0.15) is 28.8 Å². The average molecular weight is 330 g/mol. The number of hydrogen-bond acceptors (Lipinski definition) is 2. The minimum atomic E-state index is -4.41. The first-order valence-electron chi connectivity index (χ1n) is 7.83. The molecule has 1 heterocycles. The first-order valence-corrected chi connectivity index (χ1v) is 7.83. The smallest absolute Gasteiger partial charge is 0.569 e. The summed E-state index contributed by atoms with van der Waals surface area (Å²) in [7, 11) is -4.41. The highest BCUT2D eigenvalue weighted by Crippen LogP contribution is 2.29. The zero-order chi connectivity index (χ0) is 17.0. The molecular formula is C18H17BF2O3. The van der Waals surface area contributed by atoms with Crippen molar-refractivity contribution in [2.24, 2.45) is 0 Å². The molecule has 0 bridgehead atoms. The molecule has 2 aromatic carbocycles. The lowest BCUT2D eigenvalue weighted by atomic mass is 10.0. The van der Waals surface area contributed by atoms with Crippen molar-refractivity contribution in [2.75, 3.05) is 6.61 Å². The number of ether oxygens (including phenoxy) is 1. The van der Waals surface area contributed by atoms with Crippen LogP contribution in [0.3, 0.4) is 0 Å². The summed E-state index contributed by atoms with van der Waals surface area (Å²) in [5.74, 6) is 0.859. The van der Waals surface area contributed by atoms with E-state index < -0.39 is 7.11 Å². The Kier molecular flexibility index (Phi) is 4.65. The molecule has 1 aliphatic rings. The molecule has 0 aliphatic carbocycles. The van der Waals surface area contributed by atoms with Gasteiger partial charge in [-0.05, 0) is 42.8 Å². The fourth-order valence-corrected chi connectivity index (χ4v) is 2.35. The van der Waals surface area contributed by atoms with E-state index in [2.05, 4.69) is 0 Å². The van der Waals surface area contributed by atoms with E-state index in [1.54, 1.807) is 48.5 Å². The van der Waals surface area contributed by atoms with Crippen LogP contribution in [0.15, 0.2) is 60.7 Å². The molecule has 0 radical (unpaired) electrons. The minimum absolute atomic E-state index is 0.0761. The molecule has 24 heavy (non-hydrogen) atoms. The number of allylic oxidation sites excluding steroid dienone is 1. The van der Waals surface area contributed by atoms with Crippen LogP contribution in [0.2, 0.25) is 0 Å². The Balaban J connectivity index is 1.89. The summed E-state index contributed by atoms with van der Waals surface area (Å²) in [6, 6.07) is 15.6. The van der Waals surface area contributed by atoms with Crippen molar-refractivity contribution in [1.82, 2.24) is 0 Å². The monoisotopic (exact) mass is 330 g/mol. The van der Waals surface area contributed by atoms with E-state index in [-0.39, 0.29) is 11.5 Å². The Hall–Kier alpha value is -2.63. The molecule has 6 heteroatoms. The van der Waals surface area contributed by atoms with Crippen molar-refractivity contribution in [1.29, 1.82) is 0 Å². The molecule has 0 aromatic heterocycles. The largest absolute Gasteiger partial charge is 0.995 e. The van der Waals surface area contributed by atoms with E-state index >= 15 is 0 Å². The van der Waals surface area contributed by atoms with Crippen molar-refractivity contribution in [3.63, 3.8) is 0 Å². The van der Waals surface area contributed by atoms with Gasteiger partial charge in [-0.2, -0.15) is 0 Å². The summed E-state index contributed by atoms with van der Waals surface area (Å²) >= 11 is 0. The van der Waals surface area contributed by atoms with Gasteiger partial charge in [-0.25, -0.2) is 0 Å². The summed E-state index contributed by atoms with van der Waals surface area (Å²) < 4.78 is 42.7.